The molecule has 2 rings (SSSR count). The molecule has 0 aliphatic carbocycles. The third-order valence-electron chi connectivity index (χ3n) is 3.56. The lowest BCUT2D eigenvalue weighted by molar-refractivity contribution is 0.475. The van der Waals surface area contributed by atoms with Gasteiger partial charge in [0, 0.05) is 18.0 Å². The summed E-state index contributed by atoms with van der Waals surface area (Å²) in [6.07, 6.45) is 2.00. The number of phenolic OH excluding ortho intramolecular Hbond substituents is 1. The van der Waals surface area contributed by atoms with E-state index in [0.717, 1.165) is 38.4 Å². The maximum absolute atomic E-state index is 9.28. The Morgan fingerprint density at radius 2 is 1.92 bits per heavy atom. The van der Waals surface area contributed by atoms with Crippen LogP contribution in [0.15, 0.2) is 40.7 Å². The Morgan fingerprint density at radius 1 is 1.17 bits per heavy atom. The van der Waals surface area contributed by atoms with E-state index in [-0.39, 0.29) is 24.0 Å². The molecule has 132 valence electrons. The second-order valence-corrected chi connectivity index (χ2v) is 6.42. The molecule has 6 heteroatoms. The Balaban J connectivity index is 0.00000288. The molecule has 0 atom stereocenters. The van der Waals surface area contributed by atoms with Gasteiger partial charge in [0.2, 0.25) is 0 Å². The van der Waals surface area contributed by atoms with Gasteiger partial charge in [0.25, 0.3) is 0 Å². The molecule has 24 heavy (non-hydrogen) atoms. The molecule has 1 aromatic heterocycles. The Kier molecular flexibility index (Phi) is 9.78. The van der Waals surface area contributed by atoms with Crippen molar-refractivity contribution in [3.05, 3.63) is 51.7 Å². The van der Waals surface area contributed by atoms with Crippen molar-refractivity contribution in [1.29, 1.82) is 0 Å². The summed E-state index contributed by atoms with van der Waals surface area (Å²) in [6, 6.07) is 9.53. The molecular formula is C18H26IN3OS. The van der Waals surface area contributed by atoms with E-state index in [1.807, 2.05) is 12.1 Å². The van der Waals surface area contributed by atoms with Gasteiger partial charge in [-0.25, -0.2) is 4.99 Å². The van der Waals surface area contributed by atoms with Crippen molar-refractivity contribution < 1.29 is 5.11 Å². The number of guanidine groups is 1. The maximum Gasteiger partial charge on any atom is 0.191 e. The summed E-state index contributed by atoms with van der Waals surface area (Å²) < 4.78 is 0. The topological polar surface area (TPSA) is 56.7 Å². The van der Waals surface area contributed by atoms with E-state index in [1.54, 1.807) is 23.5 Å². The summed E-state index contributed by atoms with van der Waals surface area (Å²) in [4.78, 5) is 5.96. The largest absolute Gasteiger partial charge is 0.508 e. The number of nitrogens with zero attached hydrogens (tertiary/aromatic N) is 1. The molecule has 2 aromatic rings. The van der Waals surface area contributed by atoms with Crippen LogP contribution >= 0.6 is 35.3 Å². The van der Waals surface area contributed by atoms with Gasteiger partial charge in [0.15, 0.2) is 5.96 Å². The molecule has 0 fully saturated rings. The van der Waals surface area contributed by atoms with E-state index < -0.39 is 0 Å². The zero-order chi connectivity index (χ0) is 16.5. The molecule has 0 radical (unpaired) electrons. The van der Waals surface area contributed by atoms with E-state index in [9.17, 15) is 5.11 Å². The number of hydrogen-bond donors (Lipinski definition) is 3. The first kappa shape index (κ1) is 20.8. The average molecular weight is 459 g/mol. The molecule has 0 aliphatic heterocycles. The van der Waals surface area contributed by atoms with Crippen molar-refractivity contribution >= 4 is 41.3 Å². The first-order chi connectivity index (χ1) is 11.2. The minimum atomic E-state index is 0. The summed E-state index contributed by atoms with van der Waals surface area (Å²) in [5, 5.41) is 18.1. The molecular weight excluding hydrogens is 433 g/mol. The predicted molar refractivity (Wildman–Crippen MR) is 114 cm³/mol. The van der Waals surface area contributed by atoms with E-state index in [2.05, 4.69) is 40.9 Å². The maximum atomic E-state index is 9.28. The van der Waals surface area contributed by atoms with Crippen LogP contribution in [0.3, 0.4) is 0 Å². The second kappa shape index (κ2) is 11.3. The van der Waals surface area contributed by atoms with Gasteiger partial charge < -0.3 is 15.7 Å². The number of hydrogen-bond acceptors (Lipinski definition) is 3. The molecule has 0 aliphatic rings. The normalized spacial score (nSPS) is 11.0. The van der Waals surface area contributed by atoms with Gasteiger partial charge in [0.05, 0.1) is 6.54 Å². The fourth-order valence-corrected chi connectivity index (χ4v) is 3.05. The number of aliphatic imine (C=N–C) groups is 1. The standard InChI is InChI=1S/C18H25N3OS.HI/c1-3-19-18(21-13-17-14(2)10-12-23-17)20-11-4-5-15-6-8-16(22)9-7-15;/h6-10,12,22H,3-5,11,13H2,1-2H3,(H2,19,20,21);1H. The zero-order valence-electron chi connectivity index (χ0n) is 14.2. The monoisotopic (exact) mass is 459 g/mol. The van der Waals surface area contributed by atoms with Crippen LogP contribution in [0.4, 0.5) is 0 Å². The van der Waals surface area contributed by atoms with Crippen LogP contribution in [0.25, 0.3) is 0 Å². The van der Waals surface area contributed by atoms with Crippen molar-refractivity contribution in [3.63, 3.8) is 0 Å². The summed E-state index contributed by atoms with van der Waals surface area (Å²) in [7, 11) is 0. The van der Waals surface area contributed by atoms with Gasteiger partial charge in [0.1, 0.15) is 5.75 Å². The van der Waals surface area contributed by atoms with Crippen LogP contribution in [-0.2, 0) is 13.0 Å². The summed E-state index contributed by atoms with van der Waals surface area (Å²) >= 11 is 1.75. The molecule has 0 saturated carbocycles. The molecule has 1 aromatic carbocycles. The van der Waals surface area contributed by atoms with Crippen LogP contribution in [0.1, 0.15) is 29.3 Å². The fraction of sp³-hybridized carbons (Fsp3) is 0.389. The highest BCUT2D eigenvalue weighted by Crippen LogP contribution is 2.16. The van der Waals surface area contributed by atoms with E-state index in [1.165, 1.54) is 16.0 Å². The van der Waals surface area contributed by atoms with Gasteiger partial charge in [-0.15, -0.1) is 35.3 Å². The molecule has 3 N–H and O–H groups in total. The van der Waals surface area contributed by atoms with Gasteiger partial charge in [-0.3, -0.25) is 0 Å². The minimum Gasteiger partial charge on any atom is -0.508 e. The van der Waals surface area contributed by atoms with Gasteiger partial charge in [-0.1, -0.05) is 12.1 Å². The SMILES string of the molecule is CCNC(=NCc1sccc1C)NCCCc1ccc(O)cc1.I. The average Bonchev–Trinajstić information content (AvgIpc) is 2.96. The Bertz CT molecular complexity index is 625. The molecule has 1 heterocycles. The van der Waals surface area contributed by atoms with E-state index in [0.29, 0.717) is 5.75 Å². The van der Waals surface area contributed by atoms with Gasteiger partial charge >= 0.3 is 0 Å². The molecule has 0 bridgehead atoms. The number of aryl methyl sites for hydroxylation is 2. The third-order valence-corrected chi connectivity index (χ3v) is 4.57. The molecule has 0 spiro atoms. The number of nitrogens with one attached hydrogen (secondary N) is 2. The van der Waals surface area contributed by atoms with Gasteiger partial charge in [-0.2, -0.15) is 0 Å². The quantitative estimate of drug-likeness (QED) is 0.253. The van der Waals surface area contributed by atoms with E-state index >= 15 is 0 Å². The lowest BCUT2D eigenvalue weighted by Crippen LogP contribution is -2.37. The predicted octanol–water partition coefficient (Wildman–Crippen LogP) is 4.07. The highest BCUT2D eigenvalue weighted by molar-refractivity contribution is 14.0. The smallest absolute Gasteiger partial charge is 0.191 e. The van der Waals surface area contributed by atoms with Crippen LogP contribution < -0.4 is 10.6 Å². The Morgan fingerprint density at radius 3 is 2.54 bits per heavy atom. The van der Waals surface area contributed by atoms with Crippen LogP contribution in [0.2, 0.25) is 0 Å². The number of halogens is 1. The van der Waals surface area contributed by atoms with Crippen molar-refractivity contribution in [2.75, 3.05) is 13.1 Å². The highest BCUT2D eigenvalue weighted by Gasteiger charge is 2.01. The molecule has 0 unspecified atom stereocenters. The number of phenols is 1. The first-order valence-corrected chi connectivity index (χ1v) is 8.90. The number of rotatable bonds is 7. The second-order valence-electron chi connectivity index (χ2n) is 5.42. The molecule has 0 saturated heterocycles. The van der Waals surface area contributed by atoms with Crippen molar-refractivity contribution in [2.45, 2.75) is 33.2 Å². The molecule has 4 nitrogen and oxygen atoms in total. The minimum absolute atomic E-state index is 0. The first-order valence-electron chi connectivity index (χ1n) is 8.02. The van der Waals surface area contributed by atoms with E-state index in [4.69, 9.17) is 0 Å². The summed E-state index contributed by atoms with van der Waals surface area (Å²) in [5.41, 5.74) is 2.54. The van der Waals surface area contributed by atoms with Gasteiger partial charge in [-0.05, 0) is 61.4 Å². The lowest BCUT2D eigenvalue weighted by Gasteiger charge is -2.11. The van der Waals surface area contributed by atoms with Crippen molar-refractivity contribution in [2.24, 2.45) is 4.99 Å². The summed E-state index contributed by atoms with van der Waals surface area (Å²) in [6.45, 7) is 6.64. The zero-order valence-corrected chi connectivity index (χ0v) is 17.4. The summed E-state index contributed by atoms with van der Waals surface area (Å²) in [5.74, 6) is 1.18. The third kappa shape index (κ3) is 7.09. The van der Waals surface area contributed by atoms with Crippen LogP contribution in [0, 0.1) is 6.92 Å². The molecule has 0 amide bonds. The Hall–Kier alpha value is -1.28. The fourth-order valence-electron chi connectivity index (χ4n) is 2.22. The highest BCUT2D eigenvalue weighted by atomic mass is 127. The lowest BCUT2D eigenvalue weighted by atomic mass is 10.1. The number of thiophene rings is 1. The Labute approximate surface area is 165 Å². The number of benzene rings is 1. The number of aromatic hydroxyl groups is 1. The van der Waals surface area contributed by atoms with Crippen LogP contribution in [-0.4, -0.2) is 24.2 Å². The van der Waals surface area contributed by atoms with Crippen LogP contribution in [0.5, 0.6) is 5.75 Å². The van der Waals surface area contributed by atoms with Crippen molar-refractivity contribution in [1.82, 2.24) is 10.6 Å². The van der Waals surface area contributed by atoms with Crippen molar-refractivity contribution in [3.8, 4) is 5.75 Å².